The number of nitrogens with zero attached hydrogens (tertiary/aromatic N) is 5. The fourth-order valence-electron chi connectivity index (χ4n) is 4.13. The molecule has 2 aromatic heterocycles. The highest BCUT2D eigenvalue weighted by Gasteiger charge is 2.21. The van der Waals surface area contributed by atoms with Crippen molar-refractivity contribution in [1.29, 1.82) is 0 Å². The molecule has 3 aromatic carbocycles. The zero-order chi connectivity index (χ0) is 26.4. The number of aromatic nitrogens is 4. The van der Waals surface area contributed by atoms with Gasteiger partial charge in [-0.3, -0.25) is 4.98 Å². The Balaban J connectivity index is 1.20. The fourth-order valence-corrected chi connectivity index (χ4v) is 4.13. The van der Waals surface area contributed by atoms with Crippen molar-refractivity contribution in [3.63, 3.8) is 0 Å². The van der Waals surface area contributed by atoms with E-state index in [1.807, 2.05) is 72.9 Å². The van der Waals surface area contributed by atoms with Crippen molar-refractivity contribution < 1.29 is 4.39 Å². The van der Waals surface area contributed by atoms with E-state index >= 15 is 0 Å². The molecule has 39 heavy (non-hydrogen) atoms. The van der Waals surface area contributed by atoms with E-state index in [9.17, 15) is 4.39 Å². The maximum Gasteiger partial charge on any atom is 0.233 e. The summed E-state index contributed by atoms with van der Waals surface area (Å²) in [7, 11) is 0. The van der Waals surface area contributed by atoms with Gasteiger partial charge in [-0.25, -0.2) is 4.39 Å². The SMILES string of the molecule is Fc1ccc(Nc2nc(Nc3ccccc3)nc(Nc3ccc(C4=NNC(c5cccnc5)C4)cc3)n2)cc1. The molecular formula is C29H24FN9. The Morgan fingerprint density at radius 1 is 0.667 bits per heavy atom. The minimum Gasteiger partial charge on any atom is -0.324 e. The molecule has 1 atom stereocenters. The third kappa shape index (κ3) is 5.96. The van der Waals surface area contributed by atoms with E-state index in [2.05, 4.69) is 46.4 Å². The van der Waals surface area contributed by atoms with E-state index in [0.29, 0.717) is 23.5 Å². The third-order valence-electron chi connectivity index (χ3n) is 6.08. The summed E-state index contributed by atoms with van der Waals surface area (Å²) in [6.45, 7) is 0. The van der Waals surface area contributed by atoms with Gasteiger partial charge in [0.2, 0.25) is 17.8 Å². The number of rotatable bonds is 8. The van der Waals surface area contributed by atoms with Crippen LogP contribution in [0.5, 0.6) is 0 Å². The van der Waals surface area contributed by atoms with Gasteiger partial charge >= 0.3 is 0 Å². The summed E-state index contributed by atoms with van der Waals surface area (Å²) in [5.74, 6) is 0.687. The van der Waals surface area contributed by atoms with Crippen molar-refractivity contribution in [3.05, 3.63) is 120 Å². The molecule has 5 aromatic rings. The standard InChI is InChI=1S/C29H24FN9/c30-21-10-14-24(15-11-21)34-29-36-27(32-22-6-2-1-3-7-22)35-28(37-29)33-23-12-8-19(9-13-23)25-17-26(39-38-25)20-5-4-16-31-18-20/h1-16,18,26,39H,17H2,(H3,32,33,34,35,36,37). The Kier molecular flexibility index (Phi) is 6.72. The van der Waals surface area contributed by atoms with Crippen LogP contribution in [0, 0.1) is 5.82 Å². The molecule has 0 radical (unpaired) electrons. The Bertz CT molecular complexity index is 1580. The van der Waals surface area contributed by atoms with Crippen LogP contribution in [0.25, 0.3) is 0 Å². The summed E-state index contributed by atoms with van der Waals surface area (Å²) in [5.41, 5.74) is 8.61. The zero-order valence-corrected chi connectivity index (χ0v) is 20.7. The van der Waals surface area contributed by atoms with Gasteiger partial charge < -0.3 is 21.4 Å². The van der Waals surface area contributed by atoms with Gasteiger partial charge in [-0.15, -0.1) is 0 Å². The van der Waals surface area contributed by atoms with E-state index in [1.54, 1.807) is 18.3 Å². The van der Waals surface area contributed by atoms with Gasteiger partial charge in [-0.05, 0) is 65.7 Å². The summed E-state index contributed by atoms with van der Waals surface area (Å²) in [6, 6.07) is 27.6. The van der Waals surface area contributed by atoms with E-state index in [4.69, 9.17) is 0 Å². The molecule has 3 heterocycles. The van der Waals surface area contributed by atoms with Crippen molar-refractivity contribution in [2.45, 2.75) is 12.5 Å². The molecular weight excluding hydrogens is 493 g/mol. The first-order valence-corrected chi connectivity index (χ1v) is 12.4. The summed E-state index contributed by atoms with van der Waals surface area (Å²) < 4.78 is 13.4. The van der Waals surface area contributed by atoms with Crippen LogP contribution in [0.3, 0.4) is 0 Å². The summed E-state index contributed by atoms with van der Waals surface area (Å²) >= 11 is 0. The Hall–Kier alpha value is -5.38. The van der Waals surface area contributed by atoms with Crippen molar-refractivity contribution in [1.82, 2.24) is 25.4 Å². The second-order valence-electron chi connectivity index (χ2n) is 8.86. The maximum atomic E-state index is 13.4. The van der Waals surface area contributed by atoms with Crippen LogP contribution in [-0.2, 0) is 0 Å². The van der Waals surface area contributed by atoms with Crippen LogP contribution in [-0.4, -0.2) is 25.6 Å². The van der Waals surface area contributed by atoms with Crippen molar-refractivity contribution >= 4 is 40.6 Å². The predicted octanol–water partition coefficient (Wildman–Crippen LogP) is 6.08. The number of hydrogen-bond acceptors (Lipinski definition) is 9. The predicted molar refractivity (Wildman–Crippen MR) is 150 cm³/mol. The van der Waals surface area contributed by atoms with Crippen LogP contribution in [0.4, 0.5) is 39.3 Å². The zero-order valence-electron chi connectivity index (χ0n) is 20.7. The van der Waals surface area contributed by atoms with E-state index in [-0.39, 0.29) is 11.9 Å². The van der Waals surface area contributed by atoms with Gasteiger partial charge in [0, 0.05) is 35.9 Å². The quantitative estimate of drug-likeness (QED) is 0.196. The van der Waals surface area contributed by atoms with Gasteiger partial charge in [0.1, 0.15) is 5.82 Å². The first kappa shape index (κ1) is 24.0. The number of nitrogens with one attached hydrogen (secondary N) is 4. The topological polar surface area (TPSA) is 112 Å². The first-order valence-electron chi connectivity index (χ1n) is 12.4. The average Bonchev–Trinajstić information content (AvgIpc) is 3.46. The lowest BCUT2D eigenvalue weighted by Crippen LogP contribution is -2.10. The molecule has 0 aliphatic carbocycles. The highest BCUT2D eigenvalue weighted by atomic mass is 19.1. The molecule has 9 nitrogen and oxygen atoms in total. The largest absolute Gasteiger partial charge is 0.324 e. The van der Waals surface area contributed by atoms with Crippen LogP contribution >= 0.6 is 0 Å². The number of hydrazone groups is 1. The monoisotopic (exact) mass is 517 g/mol. The molecule has 0 saturated heterocycles. The molecule has 1 aliphatic heterocycles. The summed E-state index contributed by atoms with van der Waals surface area (Å²) in [5, 5.41) is 14.1. The summed E-state index contributed by atoms with van der Waals surface area (Å²) in [6.07, 6.45) is 4.40. The Morgan fingerprint density at radius 3 is 1.85 bits per heavy atom. The van der Waals surface area contributed by atoms with E-state index in [1.165, 1.54) is 12.1 Å². The van der Waals surface area contributed by atoms with Crippen LogP contribution in [0.15, 0.2) is 108 Å². The number of benzene rings is 3. The van der Waals surface area contributed by atoms with E-state index in [0.717, 1.165) is 34.6 Å². The lowest BCUT2D eigenvalue weighted by Gasteiger charge is -2.12. The second kappa shape index (κ2) is 10.9. The first-order chi connectivity index (χ1) is 19.2. The molecule has 6 rings (SSSR count). The minimum atomic E-state index is -0.319. The van der Waals surface area contributed by atoms with Crippen LogP contribution in [0.1, 0.15) is 23.6 Å². The van der Waals surface area contributed by atoms with Crippen molar-refractivity contribution in [2.75, 3.05) is 16.0 Å². The molecule has 1 unspecified atom stereocenters. The molecule has 0 bridgehead atoms. The van der Waals surface area contributed by atoms with Crippen molar-refractivity contribution in [3.8, 4) is 0 Å². The lowest BCUT2D eigenvalue weighted by molar-refractivity contribution is 0.618. The van der Waals surface area contributed by atoms with Gasteiger partial charge in [0.15, 0.2) is 0 Å². The van der Waals surface area contributed by atoms with E-state index < -0.39 is 0 Å². The van der Waals surface area contributed by atoms with Crippen molar-refractivity contribution in [2.24, 2.45) is 5.10 Å². The Morgan fingerprint density at radius 2 is 1.26 bits per heavy atom. The lowest BCUT2D eigenvalue weighted by atomic mass is 10.0. The van der Waals surface area contributed by atoms with Gasteiger partial charge in [-0.2, -0.15) is 20.1 Å². The molecule has 0 spiro atoms. The van der Waals surface area contributed by atoms with Crippen LogP contribution < -0.4 is 21.4 Å². The maximum absolute atomic E-state index is 13.4. The second-order valence-corrected chi connectivity index (χ2v) is 8.86. The molecule has 0 fully saturated rings. The molecule has 4 N–H and O–H groups in total. The average molecular weight is 518 g/mol. The van der Waals surface area contributed by atoms with Gasteiger partial charge in [0.05, 0.1) is 11.8 Å². The summed E-state index contributed by atoms with van der Waals surface area (Å²) in [4.78, 5) is 17.7. The smallest absolute Gasteiger partial charge is 0.233 e. The molecule has 10 heteroatoms. The molecule has 192 valence electrons. The third-order valence-corrected chi connectivity index (χ3v) is 6.08. The van der Waals surface area contributed by atoms with Gasteiger partial charge in [-0.1, -0.05) is 36.4 Å². The minimum absolute atomic E-state index is 0.110. The normalized spacial score (nSPS) is 14.3. The van der Waals surface area contributed by atoms with Gasteiger partial charge in [0.25, 0.3) is 0 Å². The number of anilines is 6. The fraction of sp³-hybridized carbons (Fsp3) is 0.0690. The molecule has 0 amide bonds. The Labute approximate surface area is 224 Å². The number of halogens is 1. The molecule has 0 saturated carbocycles. The highest BCUT2D eigenvalue weighted by molar-refractivity contribution is 6.02. The number of para-hydroxylation sites is 1. The highest BCUT2D eigenvalue weighted by Crippen LogP contribution is 2.25. The van der Waals surface area contributed by atoms with Crippen LogP contribution in [0.2, 0.25) is 0 Å². The number of hydrogen-bond donors (Lipinski definition) is 4. The number of pyridine rings is 1. The molecule has 1 aliphatic rings.